The van der Waals surface area contributed by atoms with Crippen molar-refractivity contribution in [1.29, 1.82) is 5.26 Å². The number of esters is 1. The topological polar surface area (TPSA) is 50.1 Å². The molecule has 0 aliphatic rings. The maximum Gasteiger partial charge on any atom is 0.336 e. The lowest BCUT2D eigenvalue weighted by molar-refractivity contribution is -0.128. The first-order valence-corrected chi connectivity index (χ1v) is 6.56. The average molecular weight is 335 g/mol. The Morgan fingerprint density at radius 3 is 2.08 bits per heavy atom. The van der Waals surface area contributed by atoms with E-state index in [0.717, 1.165) is 18.2 Å². The number of rotatable bonds is 3. The zero-order valence-corrected chi connectivity index (χ0v) is 12.2. The van der Waals surface area contributed by atoms with Crippen molar-refractivity contribution in [3.63, 3.8) is 0 Å². The van der Waals surface area contributed by atoms with Crippen LogP contribution in [0.2, 0.25) is 0 Å². The minimum absolute atomic E-state index is 0.369. The van der Waals surface area contributed by atoms with Crippen LogP contribution in [0.5, 0.6) is 5.75 Å². The molecular weight excluding hydrogens is 326 g/mol. The molecule has 0 amide bonds. The number of carbonyl (C=O) groups is 1. The van der Waals surface area contributed by atoms with Crippen molar-refractivity contribution < 1.29 is 27.1 Å². The third kappa shape index (κ3) is 3.79. The van der Waals surface area contributed by atoms with Gasteiger partial charge in [0.15, 0.2) is 0 Å². The molecule has 3 nitrogen and oxygen atoms in total. The standard InChI is InChI=1S/C17H9F4NO2/c1-9-4-13(18)11(14(19)5-9)2-3-17(23)24-10-6-15(20)12(8-22)16(21)7-10/h2-7H,1H3. The van der Waals surface area contributed by atoms with Gasteiger partial charge in [-0.25, -0.2) is 22.4 Å². The van der Waals surface area contributed by atoms with Gasteiger partial charge in [-0.1, -0.05) is 0 Å². The molecule has 2 aromatic rings. The van der Waals surface area contributed by atoms with Crippen LogP contribution in [0.3, 0.4) is 0 Å². The molecule has 0 saturated heterocycles. The van der Waals surface area contributed by atoms with Crippen LogP contribution in [0.15, 0.2) is 30.3 Å². The van der Waals surface area contributed by atoms with Gasteiger partial charge in [0, 0.05) is 23.8 Å². The summed E-state index contributed by atoms with van der Waals surface area (Å²) in [6.45, 7) is 1.50. The summed E-state index contributed by atoms with van der Waals surface area (Å²) in [5.41, 5.74) is -0.892. The molecule has 0 radical (unpaired) electrons. The van der Waals surface area contributed by atoms with E-state index in [1.807, 2.05) is 0 Å². The Morgan fingerprint density at radius 2 is 1.58 bits per heavy atom. The summed E-state index contributed by atoms with van der Waals surface area (Å²) in [7, 11) is 0. The van der Waals surface area contributed by atoms with Gasteiger partial charge in [-0.3, -0.25) is 0 Å². The Kier molecular flexibility index (Phi) is 4.99. The molecule has 0 N–H and O–H groups in total. The second-order valence-electron chi connectivity index (χ2n) is 4.77. The minimum Gasteiger partial charge on any atom is -0.423 e. The Labute approximate surface area is 134 Å². The van der Waals surface area contributed by atoms with Crippen molar-refractivity contribution in [2.45, 2.75) is 6.92 Å². The number of hydrogen-bond donors (Lipinski definition) is 0. The predicted molar refractivity (Wildman–Crippen MR) is 76.8 cm³/mol. The summed E-state index contributed by atoms with van der Waals surface area (Å²) >= 11 is 0. The third-order valence-electron chi connectivity index (χ3n) is 2.96. The van der Waals surface area contributed by atoms with Crippen LogP contribution in [0.4, 0.5) is 17.6 Å². The average Bonchev–Trinajstić information content (AvgIpc) is 2.45. The highest BCUT2D eigenvalue weighted by atomic mass is 19.1. The van der Waals surface area contributed by atoms with Gasteiger partial charge in [-0.15, -0.1) is 0 Å². The van der Waals surface area contributed by atoms with E-state index < -0.39 is 46.1 Å². The summed E-state index contributed by atoms with van der Waals surface area (Å²) in [6, 6.07) is 4.79. The number of aryl methyl sites for hydroxylation is 1. The fourth-order valence-corrected chi connectivity index (χ4v) is 1.89. The molecule has 0 aliphatic heterocycles. The molecule has 24 heavy (non-hydrogen) atoms. The van der Waals surface area contributed by atoms with Crippen LogP contribution in [0.1, 0.15) is 16.7 Å². The van der Waals surface area contributed by atoms with Crippen molar-refractivity contribution in [2.24, 2.45) is 0 Å². The minimum atomic E-state index is -1.19. The van der Waals surface area contributed by atoms with Crippen molar-refractivity contribution in [2.75, 3.05) is 0 Å². The number of benzene rings is 2. The van der Waals surface area contributed by atoms with Gasteiger partial charge in [-0.05, 0) is 30.7 Å². The third-order valence-corrected chi connectivity index (χ3v) is 2.96. The van der Waals surface area contributed by atoms with E-state index in [9.17, 15) is 22.4 Å². The second kappa shape index (κ2) is 6.96. The van der Waals surface area contributed by atoms with Gasteiger partial charge in [-0.2, -0.15) is 5.26 Å². The van der Waals surface area contributed by atoms with E-state index in [0.29, 0.717) is 23.8 Å². The fraction of sp³-hybridized carbons (Fsp3) is 0.0588. The van der Waals surface area contributed by atoms with Gasteiger partial charge >= 0.3 is 5.97 Å². The van der Waals surface area contributed by atoms with Crippen molar-refractivity contribution in [3.05, 3.63) is 70.3 Å². The summed E-state index contributed by atoms with van der Waals surface area (Å²) in [4.78, 5) is 11.6. The quantitative estimate of drug-likeness (QED) is 0.368. The molecule has 2 rings (SSSR count). The highest BCUT2D eigenvalue weighted by Crippen LogP contribution is 2.21. The van der Waals surface area contributed by atoms with Crippen LogP contribution in [0.25, 0.3) is 6.08 Å². The zero-order chi connectivity index (χ0) is 17.9. The first kappa shape index (κ1) is 17.2. The van der Waals surface area contributed by atoms with E-state index in [1.165, 1.54) is 13.0 Å². The Balaban J connectivity index is 2.19. The van der Waals surface area contributed by atoms with Gasteiger partial charge in [0.1, 0.15) is 40.7 Å². The normalized spacial score (nSPS) is 10.7. The van der Waals surface area contributed by atoms with Crippen molar-refractivity contribution >= 4 is 12.0 Å². The SMILES string of the molecule is Cc1cc(F)c(C=CC(=O)Oc2cc(F)c(C#N)c(F)c2)c(F)c1. The van der Waals surface area contributed by atoms with Crippen molar-refractivity contribution in [1.82, 2.24) is 0 Å². The number of hydrogen-bond acceptors (Lipinski definition) is 3. The second-order valence-corrected chi connectivity index (χ2v) is 4.77. The molecule has 0 unspecified atom stereocenters. The van der Waals surface area contributed by atoms with Crippen LogP contribution in [-0.2, 0) is 4.79 Å². The molecule has 7 heteroatoms. The first-order chi connectivity index (χ1) is 11.3. The largest absolute Gasteiger partial charge is 0.423 e. The molecule has 0 aromatic heterocycles. The predicted octanol–water partition coefficient (Wildman–Crippen LogP) is 4.04. The van der Waals surface area contributed by atoms with Gasteiger partial charge in [0.2, 0.25) is 0 Å². The lowest BCUT2D eigenvalue weighted by Crippen LogP contribution is -2.05. The number of ether oxygens (including phenoxy) is 1. The van der Waals surface area contributed by atoms with E-state index in [4.69, 9.17) is 5.26 Å². The number of nitriles is 1. The molecule has 0 fully saturated rings. The maximum atomic E-state index is 13.6. The Hall–Kier alpha value is -3.14. The first-order valence-electron chi connectivity index (χ1n) is 6.56. The van der Waals surface area contributed by atoms with Crippen LogP contribution >= 0.6 is 0 Å². The fourth-order valence-electron chi connectivity index (χ4n) is 1.89. The van der Waals surface area contributed by atoms with E-state index in [-0.39, 0.29) is 0 Å². The molecular formula is C17H9F4NO2. The molecule has 2 aromatic carbocycles. The summed E-state index contributed by atoms with van der Waals surface area (Å²) < 4.78 is 58.6. The molecule has 0 atom stereocenters. The van der Waals surface area contributed by atoms with Crippen LogP contribution in [0, 0.1) is 41.5 Å². The summed E-state index contributed by atoms with van der Waals surface area (Å²) in [5.74, 6) is -5.71. The van der Waals surface area contributed by atoms with E-state index in [2.05, 4.69) is 4.74 Å². The Morgan fingerprint density at radius 1 is 1.04 bits per heavy atom. The highest BCUT2D eigenvalue weighted by Gasteiger charge is 2.13. The van der Waals surface area contributed by atoms with E-state index >= 15 is 0 Å². The number of carbonyl (C=O) groups excluding carboxylic acids is 1. The molecule has 122 valence electrons. The molecule has 0 bridgehead atoms. The van der Waals surface area contributed by atoms with Crippen molar-refractivity contribution in [3.8, 4) is 11.8 Å². The smallest absolute Gasteiger partial charge is 0.336 e. The molecule has 0 aliphatic carbocycles. The van der Waals surface area contributed by atoms with Crippen LogP contribution < -0.4 is 4.74 Å². The number of nitrogens with zero attached hydrogens (tertiary/aromatic N) is 1. The van der Waals surface area contributed by atoms with Gasteiger partial charge in [0.25, 0.3) is 0 Å². The van der Waals surface area contributed by atoms with E-state index in [1.54, 1.807) is 0 Å². The van der Waals surface area contributed by atoms with Crippen LogP contribution in [-0.4, -0.2) is 5.97 Å². The summed E-state index contributed by atoms with van der Waals surface area (Å²) in [5, 5.41) is 8.53. The van der Waals surface area contributed by atoms with Gasteiger partial charge < -0.3 is 4.74 Å². The lowest BCUT2D eigenvalue weighted by atomic mass is 10.1. The Bertz CT molecular complexity index is 839. The lowest BCUT2D eigenvalue weighted by Gasteiger charge is -2.04. The monoisotopic (exact) mass is 335 g/mol. The number of halogens is 4. The summed E-state index contributed by atoms with van der Waals surface area (Å²) in [6.07, 6.45) is 1.56. The molecule has 0 spiro atoms. The van der Waals surface area contributed by atoms with Gasteiger partial charge in [0.05, 0.1) is 0 Å². The molecule has 0 saturated carbocycles. The zero-order valence-electron chi connectivity index (χ0n) is 12.2. The highest BCUT2D eigenvalue weighted by molar-refractivity contribution is 5.88. The molecule has 0 heterocycles. The maximum absolute atomic E-state index is 13.6.